The number of nitrogens with one attached hydrogen (secondary N) is 2. The van der Waals surface area contributed by atoms with Gasteiger partial charge in [-0.25, -0.2) is 9.97 Å². The van der Waals surface area contributed by atoms with E-state index in [0.29, 0.717) is 35.3 Å². The van der Waals surface area contributed by atoms with Crippen LogP contribution in [0.15, 0.2) is 29.4 Å². The van der Waals surface area contributed by atoms with Crippen LogP contribution < -0.4 is 15.4 Å². The second kappa shape index (κ2) is 9.17. The van der Waals surface area contributed by atoms with E-state index in [1.165, 1.54) is 32.1 Å². The van der Waals surface area contributed by atoms with E-state index in [2.05, 4.69) is 25.8 Å². The molecule has 2 N–H and O–H groups in total. The van der Waals surface area contributed by atoms with Crippen molar-refractivity contribution in [3.8, 4) is 5.75 Å². The van der Waals surface area contributed by atoms with Gasteiger partial charge in [-0.3, -0.25) is 9.59 Å². The molecule has 2 aromatic rings. The molecule has 1 aromatic heterocycles. The van der Waals surface area contributed by atoms with Gasteiger partial charge < -0.3 is 20.2 Å². The highest BCUT2D eigenvalue weighted by atomic mass is 16.6. The number of fused-ring (bicyclic) bond motifs is 1. The number of aromatic nitrogens is 2. The Morgan fingerprint density at radius 1 is 1.18 bits per heavy atom. The number of aryl methyl sites for hydroxylation is 1. The summed E-state index contributed by atoms with van der Waals surface area (Å²) in [4.78, 5) is 38.9. The Morgan fingerprint density at radius 2 is 2.03 bits per heavy atom. The zero-order chi connectivity index (χ0) is 22.8. The lowest BCUT2D eigenvalue weighted by atomic mass is 9.83. The molecule has 1 aromatic carbocycles. The molecule has 9 nitrogen and oxygen atoms in total. The van der Waals surface area contributed by atoms with E-state index in [9.17, 15) is 9.59 Å². The molecule has 3 heterocycles. The van der Waals surface area contributed by atoms with Crippen LogP contribution in [0.25, 0.3) is 0 Å². The Kier molecular flexibility index (Phi) is 5.93. The highest BCUT2D eigenvalue weighted by Crippen LogP contribution is 2.33. The highest BCUT2D eigenvalue weighted by Gasteiger charge is 2.32. The van der Waals surface area contributed by atoms with Crippen molar-refractivity contribution in [1.82, 2.24) is 15.3 Å². The van der Waals surface area contributed by atoms with Crippen LogP contribution >= 0.6 is 0 Å². The van der Waals surface area contributed by atoms with Crippen molar-refractivity contribution in [2.45, 2.75) is 58.1 Å². The lowest BCUT2D eigenvalue weighted by molar-refractivity contribution is -0.118. The van der Waals surface area contributed by atoms with Gasteiger partial charge in [0.1, 0.15) is 29.1 Å². The summed E-state index contributed by atoms with van der Waals surface area (Å²) in [5.41, 5.74) is 3.14. The zero-order valence-corrected chi connectivity index (χ0v) is 18.6. The van der Waals surface area contributed by atoms with E-state index in [1.54, 1.807) is 25.1 Å². The number of benzene rings is 1. The molecule has 2 aliphatic heterocycles. The largest absolute Gasteiger partial charge is 0.482 e. The van der Waals surface area contributed by atoms with Crippen LogP contribution in [0.5, 0.6) is 5.75 Å². The van der Waals surface area contributed by atoms with Crippen LogP contribution in [0.4, 0.5) is 5.69 Å². The maximum atomic E-state index is 12.8. The van der Waals surface area contributed by atoms with Crippen molar-refractivity contribution in [2.75, 3.05) is 11.9 Å². The molecule has 1 saturated carbocycles. The lowest BCUT2D eigenvalue weighted by Gasteiger charge is -2.25. The number of nitrogens with zero attached hydrogens (tertiary/aromatic N) is 3. The molecule has 172 valence electrons. The Balaban J connectivity index is 1.24. The van der Waals surface area contributed by atoms with Gasteiger partial charge in [-0.15, -0.1) is 0 Å². The third kappa shape index (κ3) is 4.81. The number of carbonyl (C=O) groups excluding carboxylic acids is 2. The Labute approximate surface area is 192 Å². The lowest BCUT2D eigenvalue weighted by Crippen LogP contribution is -2.27. The number of hydrogen-bond acceptors (Lipinski definition) is 7. The van der Waals surface area contributed by atoms with E-state index in [4.69, 9.17) is 9.57 Å². The van der Waals surface area contributed by atoms with Gasteiger partial charge in [0.15, 0.2) is 6.61 Å². The minimum absolute atomic E-state index is 0.0101. The summed E-state index contributed by atoms with van der Waals surface area (Å²) < 4.78 is 5.37. The Bertz CT molecular complexity index is 1110. The number of amides is 2. The third-order valence-corrected chi connectivity index (χ3v) is 6.36. The van der Waals surface area contributed by atoms with Gasteiger partial charge in [0.25, 0.3) is 11.8 Å². The van der Waals surface area contributed by atoms with E-state index in [-0.39, 0.29) is 36.8 Å². The number of anilines is 1. The van der Waals surface area contributed by atoms with Crippen LogP contribution in [0.2, 0.25) is 0 Å². The van der Waals surface area contributed by atoms with E-state index >= 15 is 0 Å². The minimum atomic E-state index is -0.303. The van der Waals surface area contributed by atoms with Crippen LogP contribution in [0.1, 0.15) is 66.1 Å². The van der Waals surface area contributed by atoms with Gasteiger partial charge in [-0.2, -0.15) is 0 Å². The molecule has 0 radical (unpaired) electrons. The fourth-order valence-corrected chi connectivity index (χ4v) is 4.65. The molecule has 3 aliphatic rings. The number of hydrogen-bond donors (Lipinski definition) is 2. The van der Waals surface area contributed by atoms with Crippen LogP contribution in [-0.2, 0) is 16.2 Å². The minimum Gasteiger partial charge on any atom is -0.482 e. The van der Waals surface area contributed by atoms with Crippen molar-refractivity contribution in [2.24, 2.45) is 11.1 Å². The Hall–Kier alpha value is -3.49. The fourth-order valence-electron chi connectivity index (χ4n) is 4.65. The van der Waals surface area contributed by atoms with Crippen molar-refractivity contribution >= 4 is 23.2 Å². The van der Waals surface area contributed by atoms with Gasteiger partial charge in [-0.05, 0) is 49.4 Å². The summed E-state index contributed by atoms with van der Waals surface area (Å²) in [7, 11) is 0. The maximum absolute atomic E-state index is 12.8. The molecule has 33 heavy (non-hydrogen) atoms. The number of oxime groups is 1. The second-order valence-electron chi connectivity index (χ2n) is 8.82. The third-order valence-electron chi connectivity index (χ3n) is 6.36. The predicted octanol–water partition coefficient (Wildman–Crippen LogP) is 3.12. The summed E-state index contributed by atoms with van der Waals surface area (Å²) in [6.45, 7) is 2.06. The highest BCUT2D eigenvalue weighted by molar-refractivity contribution is 6.02. The van der Waals surface area contributed by atoms with Gasteiger partial charge in [0, 0.05) is 13.0 Å². The van der Waals surface area contributed by atoms with Crippen LogP contribution in [0.3, 0.4) is 0 Å². The van der Waals surface area contributed by atoms with Gasteiger partial charge in [0.2, 0.25) is 0 Å². The van der Waals surface area contributed by atoms with Gasteiger partial charge in [-0.1, -0.05) is 30.5 Å². The average Bonchev–Trinajstić information content (AvgIpc) is 3.33. The topological polar surface area (TPSA) is 115 Å². The second-order valence-corrected chi connectivity index (χ2v) is 8.82. The van der Waals surface area contributed by atoms with Crippen LogP contribution in [0, 0.1) is 12.8 Å². The molecular formula is C24H27N5O4. The first-order chi connectivity index (χ1) is 16.0. The molecule has 9 heteroatoms. The SMILES string of the molecule is Cc1nc(C(=O)NCc2ccc3c(c2)NC(=O)CO3)cc(C2=NOC(C3CCCCC3)C2)n1. The van der Waals surface area contributed by atoms with E-state index in [1.807, 2.05) is 6.07 Å². The standard InChI is InChI=1S/C24H27N5O4/c1-14-26-17(18-11-22(33-29-18)16-5-3-2-4-6-16)10-20(27-14)24(31)25-12-15-7-8-21-19(9-15)28-23(30)13-32-21/h7-10,16,22H,2-6,11-13H2,1H3,(H,25,31)(H,28,30). The fraction of sp³-hybridized carbons (Fsp3) is 0.458. The normalized spacial score (nSPS) is 20.2. The van der Waals surface area contributed by atoms with E-state index < -0.39 is 0 Å². The average molecular weight is 450 g/mol. The summed E-state index contributed by atoms with van der Waals surface area (Å²) in [6.07, 6.45) is 6.98. The molecule has 1 fully saturated rings. The molecule has 1 unspecified atom stereocenters. The first kappa shape index (κ1) is 21.4. The molecule has 0 bridgehead atoms. The molecule has 0 saturated heterocycles. The van der Waals surface area contributed by atoms with Crippen molar-refractivity contribution in [3.05, 3.63) is 47.0 Å². The molecular weight excluding hydrogens is 422 g/mol. The number of ether oxygens (including phenoxy) is 1. The number of carbonyl (C=O) groups is 2. The number of rotatable bonds is 5. The summed E-state index contributed by atoms with van der Waals surface area (Å²) in [5, 5.41) is 9.95. The molecule has 1 atom stereocenters. The first-order valence-electron chi connectivity index (χ1n) is 11.5. The molecule has 0 spiro atoms. The summed E-state index contributed by atoms with van der Waals surface area (Å²) >= 11 is 0. The molecule has 5 rings (SSSR count). The van der Waals surface area contributed by atoms with Crippen molar-refractivity contribution in [3.63, 3.8) is 0 Å². The quantitative estimate of drug-likeness (QED) is 0.725. The van der Waals surface area contributed by atoms with Crippen LogP contribution in [-0.4, -0.2) is 40.2 Å². The predicted molar refractivity (Wildman–Crippen MR) is 121 cm³/mol. The summed E-state index contributed by atoms with van der Waals surface area (Å²) in [6, 6.07) is 7.10. The monoisotopic (exact) mass is 449 g/mol. The van der Waals surface area contributed by atoms with E-state index in [0.717, 1.165) is 11.3 Å². The molecule has 1 aliphatic carbocycles. The maximum Gasteiger partial charge on any atom is 0.270 e. The smallest absolute Gasteiger partial charge is 0.270 e. The Morgan fingerprint density at radius 3 is 2.88 bits per heavy atom. The molecule has 2 amide bonds. The van der Waals surface area contributed by atoms with Gasteiger partial charge >= 0.3 is 0 Å². The van der Waals surface area contributed by atoms with Crippen molar-refractivity contribution < 1.29 is 19.2 Å². The first-order valence-corrected chi connectivity index (χ1v) is 11.5. The van der Waals surface area contributed by atoms with Crippen molar-refractivity contribution in [1.29, 1.82) is 0 Å². The van der Waals surface area contributed by atoms with Gasteiger partial charge in [0.05, 0.1) is 11.4 Å². The summed E-state index contributed by atoms with van der Waals surface area (Å²) in [5.74, 6) is 1.17. The zero-order valence-electron chi connectivity index (χ0n) is 18.6.